The van der Waals surface area contributed by atoms with Gasteiger partial charge in [0, 0.05) is 17.0 Å². The average Bonchev–Trinajstić information content (AvgIpc) is 3.13. The number of hydrogen-bond donors (Lipinski definition) is 1. The summed E-state index contributed by atoms with van der Waals surface area (Å²) in [5.74, 6) is 1.11. The topological polar surface area (TPSA) is 116 Å². The number of nitrogens with one attached hydrogen (secondary N) is 1. The predicted octanol–water partition coefficient (Wildman–Crippen LogP) is 4.44. The number of fused-ring (bicyclic) bond motifs is 3. The van der Waals surface area contributed by atoms with E-state index in [2.05, 4.69) is 27.4 Å². The summed E-state index contributed by atoms with van der Waals surface area (Å²) in [7, 11) is 0. The maximum Gasteiger partial charge on any atom is 0.433 e. The number of benzene rings is 1. The van der Waals surface area contributed by atoms with Crippen molar-refractivity contribution in [3.8, 4) is 17.1 Å². The Morgan fingerprint density at radius 1 is 1.25 bits per heavy atom. The average molecular weight is 399 g/mol. The van der Waals surface area contributed by atoms with Crippen LogP contribution >= 0.6 is 11.8 Å². The second-order valence-electron chi connectivity index (χ2n) is 6.07. The van der Waals surface area contributed by atoms with Crippen molar-refractivity contribution in [3.05, 3.63) is 52.3 Å². The third-order valence-corrected chi connectivity index (χ3v) is 5.04. The van der Waals surface area contributed by atoms with Crippen LogP contribution in [0.3, 0.4) is 0 Å². The lowest BCUT2D eigenvalue weighted by Gasteiger charge is -2.16. The normalized spacial score (nSPS) is 15.0. The molecule has 0 radical (unpaired) electrons. The Balaban J connectivity index is 1.72. The molecule has 2 aromatic heterocycles. The first-order chi connectivity index (χ1) is 13.7. The number of aromatic nitrogens is 3. The highest BCUT2D eigenvalue weighted by molar-refractivity contribution is 7.99. The van der Waals surface area contributed by atoms with E-state index in [0.29, 0.717) is 16.7 Å². The molecular weight excluding hydrogens is 382 g/mol. The molecule has 1 aliphatic heterocycles. The molecule has 28 heavy (non-hydrogen) atoms. The van der Waals surface area contributed by atoms with E-state index in [1.807, 2.05) is 24.3 Å². The Morgan fingerprint density at radius 3 is 2.89 bits per heavy atom. The number of furan rings is 1. The summed E-state index contributed by atoms with van der Waals surface area (Å²) in [5, 5.41) is 23.2. The minimum atomic E-state index is -0.790. The molecule has 4 rings (SSSR count). The first-order valence-corrected chi connectivity index (χ1v) is 9.78. The van der Waals surface area contributed by atoms with Gasteiger partial charge in [-0.3, -0.25) is 10.1 Å². The van der Waals surface area contributed by atoms with Gasteiger partial charge in [0.25, 0.3) is 0 Å². The molecule has 1 N–H and O–H groups in total. The maximum atomic E-state index is 10.9. The third-order valence-electron chi connectivity index (χ3n) is 4.11. The second-order valence-corrected chi connectivity index (χ2v) is 7.13. The zero-order valence-corrected chi connectivity index (χ0v) is 15.8. The van der Waals surface area contributed by atoms with Crippen molar-refractivity contribution < 1.29 is 14.1 Å². The first-order valence-electron chi connectivity index (χ1n) is 8.80. The van der Waals surface area contributed by atoms with Crippen molar-refractivity contribution in [3.63, 3.8) is 0 Å². The summed E-state index contributed by atoms with van der Waals surface area (Å²) in [6.07, 6.45) is 1.34. The Bertz CT molecular complexity index is 1010. The number of thioether (sulfide) groups is 1. The number of para-hydroxylation sites is 1. The zero-order chi connectivity index (χ0) is 19.5. The van der Waals surface area contributed by atoms with Gasteiger partial charge < -0.3 is 14.5 Å². The molecule has 144 valence electrons. The number of hydrogen-bond acceptors (Lipinski definition) is 9. The summed E-state index contributed by atoms with van der Waals surface area (Å²) in [6, 6.07) is 10.3. The minimum Gasteiger partial charge on any atom is -0.444 e. The molecule has 1 atom stereocenters. The van der Waals surface area contributed by atoms with Gasteiger partial charge >= 0.3 is 5.88 Å². The summed E-state index contributed by atoms with van der Waals surface area (Å²) < 4.78 is 11.3. The van der Waals surface area contributed by atoms with E-state index >= 15 is 0 Å². The Morgan fingerprint density at radius 2 is 2.11 bits per heavy atom. The number of unbranched alkanes of at least 4 members (excludes halogenated alkanes) is 1. The van der Waals surface area contributed by atoms with Crippen LogP contribution in [-0.2, 0) is 0 Å². The van der Waals surface area contributed by atoms with Gasteiger partial charge in [-0.15, -0.1) is 10.2 Å². The lowest BCUT2D eigenvalue weighted by molar-refractivity contribution is -0.402. The van der Waals surface area contributed by atoms with Crippen LogP contribution in [0.1, 0.15) is 31.8 Å². The molecule has 0 amide bonds. The molecule has 0 bridgehead atoms. The van der Waals surface area contributed by atoms with Crippen molar-refractivity contribution >= 4 is 23.3 Å². The molecule has 1 aliphatic rings. The summed E-state index contributed by atoms with van der Waals surface area (Å²) in [5.41, 5.74) is 2.03. The monoisotopic (exact) mass is 399 g/mol. The Labute approximate surface area is 164 Å². The fraction of sp³-hybridized carbons (Fsp3) is 0.278. The minimum absolute atomic E-state index is 0.271. The van der Waals surface area contributed by atoms with Gasteiger partial charge in [-0.1, -0.05) is 43.3 Å². The molecule has 0 spiro atoms. The van der Waals surface area contributed by atoms with Crippen molar-refractivity contribution in [2.24, 2.45) is 0 Å². The largest absolute Gasteiger partial charge is 0.444 e. The van der Waals surface area contributed by atoms with E-state index in [0.717, 1.165) is 29.8 Å². The molecule has 3 heterocycles. The van der Waals surface area contributed by atoms with Crippen molar-refractivity contribution in [2.75, 3.05) is 11.1 Å². The standard InChI is InChI=1S/C18H17N5O4S/c1-2-3-10-28-18-20-17-15(21-22-18)11-6-4-5-7-12(11)19-16(27-17)13-8-9-14(26-13)23(24)25/h4-9,16,19H,2-3,10H2,1H3/t16-/m0/s1. The first kappa shape index (κ1) is 18.2. The fourth-order valence-corrected chi connectivity index (χ4v) is 3.59. The van der Waals surface area contributed by atoms with Gasteiger partial charge in [0.05, 0.1) is 6.07 Å². The van der Waals surface area contributed by atoms with E-state index < -0.39 is 11.2 Å². The Hall–Kier alpha value is -3.14. The van der Waals surface area contributed by atoms with Gasteiger partial charge in [-0.25, -0.2) is 0 Å². The van der Waals surface area contributed by atoms with Crippen LogP contribution in [0.25, 0.3) is 11.3 Å². The molecule has 10 heteroatoms. The van der Waals surface area contributed by atoms with Gasteiger partial charge in [-0.2, -0.15) is 4.98 Å². The number of anilines is 1. The lowest BCUT2D eigenvalue weighted by Crippen LogP contribution is -2.16. The number of ether oxygens (including phenoxy) is 1. The van der Waals surface area contributed by atoms with Gasteiger partial charge in [0.1, 0.15) is 4.92 Å². The zero-order valence-electron chi connectivity index (χ0n) is 15.0. The van der Waals surface area contributed by atoms with Crippen molar-refractivity contribution in [1.82, 2.24) is 15.2 Å². The van der Waals surface area contributed by atoms with Gasteiger partial charge in [0.15, 0.2) is 11.5 Å². The summed E-state index contributed by atoms with van der Waals surface area (Å²) in [4.78, 5) is 14.9. The SMILES string of the molecule is CCCCSc1nnc2c(n1)O[C@@H](c1ccc([N+](=O)[O-])o1)Nc1ccccc1-2. The lowest BCUT2D eigenvalue weighted by atomic mass is 10.1. The van der Waals surface area contributed by atoms with E-state index in [9.17, 15) is 10.1 Å². The molecule has 1 aromatic carbocycles. The van der Waals surface area contributed by atoms with E-state index in [1.54, 1.807) is 0 Å². The molecule has 0 fully saturated rings. The highest BCUT2D eigenvalue weighted by atomic mass is 32.2. The van der Waals surface area contributed by atoms with E-state index in [1.165, 1.54) is 23.9 Å². The number of nitrogens with zero attached hydrogens (tertiary/aromatic N) is 4. The van der Waals surface area contributed by atoms with Gasteiger partial charge in [-0.05, 0) is 18.6 Å². The summed E-state index contributed by atoms with van der Waals surface area (Å²) >= 11 is 1.51. The van der Waals surface area contributed by atoms with Crippen LogP contribution in [0.2, 0.25) is 0 Å². The highest BCUT2D eigenvalue weighted by Crippen LogP contribution is 2.40. The fourth-order valence-electron chi connectivity index (χ4n) is 2.73. The van der Waals surface area contributed by atoms with E-state index in [-0.39, 0.29) is 11.6 Å². The molecule has 0 unspecified atom stereocenters. The van der Waals surface area contributed by atoms with Crippen molar-refractivity contribution in [2.45, 2.75) is 31.1 Å². The molecule has 0 saturated heterocycles. The van der Waals surface area contributed by atoms with E-state index in [4.69, 9.17) is 9.15 Å². The molecular formula is C18H17N5O4S. The van der Waals surface area contributed by atoms with Crippen molar-refractivity contribution in [1.29, 1.82) is 0 Å². The maximum absolute atomic E-state index is 10.9. The molecule has 0 aliphatic carbocycles. The van der Waals surface area contributed by atoms with Crippen LogP contribution < -0.4 is 10.1 Å². The molecule has 0 saturated carbocycles. The number of nitro groups is 1. The Kier molecular flexibility index (Phi) is 5.11. The second kappa shape index (κ2) is 7.85. The van der Waals surface area contributed by atoms with Gasteiger partial charge in [0.2, 0.25) is 17.3 Å². The van der Waals surface area contributed by atoms with Crippen LogP contribution in [0.15, 0.2) is 46.0 Å². The third kappa shape index (κ3) is 3.63. The predicted molar refractivity (Wildman–Crippen MR) is 103 cm³/mol. The quantitative estimate of drug-likeness (QED) is 0.278. The summed E-state index contributed by atoms with van der Waals surface area (Å²) in [6.45, 7) is 2.12. The van der Waals surface area contributed by atoms with Crippen LogP contribution in [0.4, 0.5) is 11.6 Å². The molecule has 3 aromatic rings. The smallest absolute Gasteiger partial charge is 0.433 e. The number of rotatable bonds is 6. The van der Waals surface area contributed by atoms with Crippen LogP contribution in [-0.4, -0.2) is 25.9 Å². The molecule has 9 nitrogen and oxygen atoms in total. The van der Waals surface area contributed by atoms with Crippen LogP contribution in [0, 0.1) is 10.1 Å². The highest BCUT2D eigenvalue weighted by Gasteiger charge is 2.29. The van der Waals surface area contributed by atoms with Crippen LogP contribution in [0.5, 0.6) is 5.88 Å².